The number of rotatable bonds is 5. The number of nitrogens with two attached hydrogens (primary N) is 2. The van der Waals surface area contributed by atoms with E-state index < -0.39 is 0 Å². The molecule has 20 heavy (non-hydrogen) atoms. The van der Waals surface area contributed by atoms with Crippen LogP contribution in [0.3, 0.4) is 0 Å². The van der Waals surface area contributed by atoms with E-state index in [0.29, 0.717) is 22.6 Å². The van der Waals surface area contributed by atoms with Crippen molar-refractivity contribution in [3.8, 4) is 0 Å². The van der Waals surface area contributed by atoms with Gasteiger partial charge in [-0.3, -0.25) is 0 Å². The van der Waals surface area contributed by atoms with Gasteiger partial charge in [0.05, 0.1) is 0 Å². The Labute approximate surface area is 127 Å². The third-order valence-corrected chi connectivity index (χ3v) is 4.61. The smallest absolute Gasteiger partial charge is 0.211 e. The van der Waals surface area contributed by atoms with E-state index in [1.54, 1.807) is 18.0 Å². The highest BCUT2D eigenvalue weighted by atomic mass is 32.2. The Morgan fingerprint density at radius 2 is 2.25 bits per heavy atom. The van der Waals surface area contributed by atoms with Gasteiger partial charge in [0.2, 0.25) is 5.13 Å². The van der Waals surface area contributed by atoms with Gasteiger partial charge in [-0.05, 0) is 24.1 Å². The third kappa shape index (κ3) is 3.98. The van der Waals surface area contributed by atoms with Crippen LogP contribution in [0.2, 0.25) is 0 Å². The van der Waals surface area contributed by atoms with Gasteiger partial charge in [0, 0.05) is 33.5 Å². The first-order valence-electron chi connectivity index (χ1n) is 6.32. The second-order valence-corrected chi connectivity index (χ2v) is 6.73. The standard InChI is InChI=1S/C14H18N4S2/c1-9(2)8-20-10-3-4-12(15)11(7-10)13(16)18-14-17-5-6-19-14/h3-7,9H,8,15H2,1-2H3,(H2,16,17,18). The van der Waals surface area contributed by atoms with Crippen LogP contribution in [0.15, 0.2) is 39.7 Å². The minimum absolute atomic E-state index is 0.407. The van der Waals surface area contributed by atoms with Crippen LogP contribution in [0.25, 0.3) is 0 Å². The summed E-state index contributed by atoms with van der Waals surface area (Å²) in [6, 6.07) is 5.89. The molecule has 2 aromatic rings. The minimum atomic E-state index is 0.407. The average molecular weight is 306 g/mol. The summed E-state index contributed by atoms with van der Waals surface area (Å²) in [6.45, 7) is 4.40. The summed E-state index contributed by atoms with van der Waals surface area (Å²) >= 11 is 3.24. The molecule has 4 nitrogen and oxygen atoms in total. The molecule has 1 aromatic heterocycles. The average Bonchev–Trinajstić information content (AvgIpc) is 2.90. The van der Waals surface area contributed by atoms with E-state index in [2.05, 4.69) is 23.8 Å². The lowest BCUT2D eigenvalue weighted by atomic mass is 10.1. The van der Waals surface area contributed by atoms with E-state index in [9.17, 15) is 0 Å². The Balaban J connectivity index is 2.24. The molecule has 1 heterocycles. The van der Waals surface area contributed by atoms with Crippen molar-refractivity contribution in [3.63, 3.8) is 0 Å². The van der Waals surface area contributed by atoms with Crippen LogP contribution >= 0.6 is 23.1 Å². The minimum Gasteiger partial charge on any atom is -0.398 e. The van der Waals surface area contributed by atoms with E-state index in [-0.39, 0.29) is 0 Å². The van der Waals surface area contributed by atoms with E-state index >= 15 is 0 Å². The van der Waals surface area contributed by atoms with Crippen LogP contribution in [-0.2, 0) is 0 Å². The SMILES string of the molecule is CC(C)CSc1ccc(N)c(/C(N)=N/c2nccs2)c1. The molecule has 0 spiro atoms. The Morgan fingerprint density at radius 3 is 2.90 bits per heavy atom. The maximum atomic E-state index is 6.04. The molecule has 0 atom stereocenters. The number of aromatic nitrogens is 1. The molecule has 0 saturated carbocycles. The topological polar surface area (TPSA) is 77.3 Å². The first-order valence-corrected chi connectivity index (χ1v) is 8.19. The molecule has 0 unspecified atom stereocenters. The van der Waals surface area contributed by atoms with E-state index in [1.807, 2.05) is 23.6 Å². The molecule has 0 amide bonds. The number of thioether (sulfide) groups is 1. The molecule has 0 radical (unpaired) electrons. The van der Waals surface area contributed by atoms with Gasteiger partial charge < -0.3 is 11.5 Å². The van der Waals surface area contributed by atoms with Crippen LogP contribution < -0.4 is 11.5 Å². The number of benzene rings is 1. The van der Waals surface area contributed by atoms with Crippen molar-refractivity contribution in [1.82, 2.24) is 4.98 Å². The second-order valence-electron chi connectivity index (χ2n) is 4.77. The van der Waals surface area contributed by atoms with Crippen molar-refractivity contribution in [2.75, 3.05) is 11.5 Å². The lowest BCUT2D eigenvalue weighted by molar-refractivity contribution is 0.750. The highest BCUT2D eigenvalue weighted by molar-refractivity contribution is 7.99. The van der Waals surface area contributed by atoms with Gasteiger partial charge in [-0.2, -0.15) is 0 Å². The number of hydrogen-bond donors (Lipinski definition) is 2. The first kappa shape index (κ1) is 14.9. The molecule has 0 fully saturated rings. The Kier molecular flexibility index (Phi) is 5.03. The maximum absolute atomic E-state index is 6.04. The lowest BCUT2D eigenvalue weighted by Crippen LogP contribution is -2.15. The quantitative estimate of drug-likeness (QED) is 0.383. The molecule has 0 aliphatic rings. The summed E-state index contributed by atoms with van der Waals surface area (Å²) in [5.41, 5.74) is 13.4. The number of aliphatic imine (C=N–C) groups is 1. The van der Waals surface area contributed by atoms with Crippen molar-refractivity contribution >= 4 is 39.8 Å². The fourth-order valence-electron chi connectivity index (χ4n) is 1.54. The van der Waals surface area contributed by atoms with Crippen molar-refractivity contribution < 1.29 is 0 Å². The summed E-state index contributed by atoms with van der Waals surface area (Å²) < 4.78 is 0. The van der Waals surface area contributed by atoms with Gasteiger partial charge in [-0.15, -0.1) is 23.1 Å². The van der Waals surface area contributed by atoms with Gasteiger partial charge >= 0.3 is 0 Å². The molecule has 0 saturated heterocycles. The van der Waals surface area contributed by atoms with Gasteiger partial charge in [-0.1, -0.05) is 13.8 Å². The summed E-state index contributed by atoms with van der Waals surface area (Å²) in [4.78, 5) is 9.55. The predicted molar refractivity (Wildman–Crippen MR) is 88.9 cm³/mol. The summed E-state index contributed by atoms with van der Waals surface area (Å²) in [5.74, 6) is 2.11. The van der Waals surface area contributed by atoms with Crippen LogP contribution in [-0.4, -0.2) is 16.6 Å². The number of nitrogen functional groups attached to an aromatic ring is 1. The van der Waals surface area contributed by atoms with Crippen LogP contribution in [0.5, 0.6) is 0 Å². The monoisotopic (exact) mass is 306 g/mol. The number of anilines is 1. The fraction of sp³-hybridized carbons (Fsp3) is 0.286. The number of thiazole rings is 1. The van der Waals surface area contributed by atoms with Gasteiger partial charge in [-0.25, -0.2) is 9.98 Å². The Bertz CT molecular complexity index is 591. The lowest BCUT2D eigenvalue weighted by Gasteiger charge is -2.09. The van der Waals surface area contributed by atoms with Crippen molar-refractivity contribution in [1.29, 1.82) is 0 Å². The van der Waals surface area contributed by atoms with Gasteiger partial charge in [0.1, 0.15) is 5.84 Å². The van der Waals surface area contributed by atoms with Crippen molar-refractivity contribution in [2.24, 2.45) is 16.6 Å². The fourth-order valence-corrected chi connectivity index (χ4v) is 2.95. The number of nitrogens with zero attached hydrogens (tertiary/aromatic N) is 2. The third-order valence-electron chi connectivity index (χ3n) is 2.52. The van der Waals surface area contributed by atoms with Gasteiger partial charge in [0.25, 0.3) is 0 Å². The Hall–Kier alpha value is -1.53. The first-order chi connectivity index (χ1) is 9.56. The molecule has 6 heteroatoms. The zero-order valence-corrected chi connectivity index (χ0v) is 13.2. The maximum Gasteiger partial charge on any atom is 0.211 e. The van der Waals surface area contributed by atoms with Crippen LogP contribution in [0.1, 0.15) is 19.4 Å². The number of hydrogen-bond acceptors (Lipinski definition) is 5. The summed E-state index contributed by atoms with van der Waals surface area (Å²) in [6.07, 6.45) is 1.70. The molecule has 1 aromatic carbocycles. The molecule has 0 aliphatic heterocycles. The molecule has 0 bridgehead atoms. The normalized spacial score (nSPS) is 12.1. The zero-order valence-electron chi connectivity index (χ0n) is 11.5. The van der Waals surface area contributed by atoms with Crippen LogP contribution in [0.4, 0.5) is 10.8 Å². The van der Waals surface area contributed by atoms with Crippen molar-refractivity contribution in [2.45, 2.75) is 18.7 Å². The highest BCUT2D eigenvalue weighted by Gasteiger charge is 2.07. The molecule has 106 valence electrons. The largest absolute Gasteiger partial charge is 0.398 e. The number of amidine groups is 1. The summed E-state index contributed by atoms with van der Waals surface area (Å²) in [5, 5.41) is 2.51. The van der Waals surface area contributed by atoms with Gasteiger partial charge in [0.15, 0.2) is 0 Å². The molecule has 0 aliphatic carbocycles. The second kappa shape index (κ2) is 6.76. The van der Waals surface area contributed by atoms with Crippen molar-refractivity contribution in [3.05, 3.63) is 35.3 Å². The van der Waals surface area contributed by atoms with E-state index in [0.717, 1.165) is 16.2 Å². The zero-order chi connectivity index (χ0) is 14.5. The Morgan fingerprint density at radius 1 is 1.45 bits per heavy atom. The molecular formula is C14H18N4S2. The van der Waals surface area contributed by atoms with E-state index in [1.165, 1.54) is 11.3 Å². The molecular weight excluding hydrogens is 288 g/mol. The van der Waals surface area contributed by atoms with E-state index in [4.69, 9.17) is 11.5 Å². The predicted octanol–water partition coefficient (Wildman–Crippen LogP) is 3.51. The molecule has 4 N–H and O–H groups in total. The highest BCUT2D eigenvalue weighted by Crippen LogP contribution is 2.25. The molecule has 2 rings (SSSR count). The summed E-state index contributed by atoms with van der Waals surface area (Å²) in [7, 11) is 0. The van der Waals surface area contributed by atoms with Crippen LogP contribution in [0, 0.1) is 5.92 Å².